The number of hydrogen-bond acceptors (Lipinski definition) is 4. The van der Waals surface area contributed by atoms with Gasteiger partial charge in [0.15, 0.2) is 0 Å². The summed E-state index contributed by atoms with van der Waals surface area (Å²) >= 11 is 0. The molecule has 0 saturated carbocycles. The third-order valence-electron chi connectivity index (χ3n) is 4.01. The SMILES string of the molecule is Cc1cc(-c2cc(C)c(=O)n(C)c2)ccc1S(=O)(=O)NCCN(C)C. The Morgan fingerprint density at radius 3 is 2.28 bits per heavy atom. The zero-order valence-corrected chi connectivity index (χ0v) is 16.1. The molecule has 0 aliphatic rings. The lowest BCUT2D eigenvalue weighted by atomic mass is 10.0. The lowest BCUT2D eigenvalue weighted by molar-refractivity contribution is 0.412. The number of benzene rings is 1. The minimum absolute atomic E-state index is 0.0373. The predicted octanol–water partition coefficient (Wildman–Crippen LogP) is 1.51. The van der Waals surface area contributed by atoms with Crippen LogP contribution < -0.4 is 10.3 Å². The second-order valence-corrected chi connectivity index (χ2v) is 8.24. The summed E-state index contributed by atoms with van der Waals surface area (Å²) in [5, 5.41) is 0. The van der Waals surface area contributed by atoms with Crippen molar-refractivity contribution in [3.8, 4) is 11.1 Å². The monoisotopic (exact) mass is 363 g/mol. The molecule has 0 atom stereocenters. The van der Waals surface area contributed by atoms with Crippen LogP contribution in [0, 0.1) is 13.8 Å². The van der Waals surface area contributed by atoms with Gasteiger partial charge in [0.05, 0.1) is 4.90 Å². The second-order valence-electron chi connectivity index (χ2n) is 6.51. The first kappa shape index (κ1) is 19.4. The van der Waals surface area contributed by atoms with E-state index in [-0.39, 0.29) is 10.5 Å². The molecule has 0 spiro atoms. The van der Waals surface area contributed by atoms with Crippen molar-refractivity contribution in [1.82, 2.24) is 14.2 Å². The number of nitrogens with zero attached hydrogens (tertiary/aromatic N) is 2. The molecule has 136 valence electrons. The van der Waals surface area contributed by atoms with E-state index >= 15 is 0 Å². The fourth-order valence-electron chi connectivity index (χ4n) is 2.65. The number of hydrogen-bond donors (Lipinski definition) is 1. The molecule has 2 rings (SSSR count). The van der Waals surface area contributed by atoms with E-state index < -0.39 is 10.0 Å². The molecule has 7 heteroatoms. The summed E-state index contributed by atoms with van der Waals surface area (Å²) in [6.45, 7) is 4.54. The number of likely N-dealkylation sites (N-methyl/N-ethyl adjacent to an activating group) is 1. The molecule has 0 unspecified atom stereocenters. The topological polar surface area (TPSA) is 71.4 Å². The van der Waals surface area contributed by atoms with Crippen LogP contribution in [0.15, 0.2) is 40.2 Å². The fourth-order valence-corrected chi connectivity index (χ4v) is 3.89. The van der Waals surface area contributed by atoms with Gasteiger partial charge in [-0.3, -0.25) is 4.79 Å². The van der Waals surface area contributed by atoms with Crippen molar-refractivity contribution in [1.29, 1.82) is 0 Å². The van der Waals surface area contributed by atoms with Crippen LogP contribution in [0.25, 0.3) is 11.1 Å². The standard InChI is InChI=1S/C18H25N3O3S/c1-13-10-15(16-11-14(2)18(22)21(5)12-16)6-7-17(13)25(23,24)19-8-9-20(3)4/h6-7,10-12,19H,8-9H2,1-5H3. The summed E-state index contributed by atoms with van der Waals surface area (Å²) in [5.74, 6) is 0. The number of pyridine rings is 1. The Morgan fingerprint density at radius 2 is 1.72 bits per heavy atom. The maximum atomic E-state index is 12.5. The Morgan fingerprint density at radius 1 is 1.08 bits per heavy atom. The van der Waals surface area contributed by atoms with Gasteiger partial charge in [-0.1, -0.05) is 12.1 Å². The smallest absolute Gasteiger partial charge is 0.253 e. The Hall–Kier alpha value is -1.96. The van der Waals surface area contributed by atoms with Gasteiger partial charge in [0, 0.05) is 31.9 Å². The van der Waals surface area contributed by atoms with Crippen LogP contribution in [0.5, 0.6) is 0 Å². The highest BCUT2D eigenvalue weighted by molar-refractivity contribution is 7.89. The molecule has 0 fully saturated rings. The van der Waals surface area contributed by atoms with Crippen molar-refractivity contribution in [2.24, 2.45) is 7.05 Å². The van der Waals surface area contributed by atoms with Crippen LogP contribution >= 0.6 is 0 Å². The summed E-state index contributed by atoms with van der Waals surface area (Å²) in [4.78, 5) is 14.0. The number of nitrogens with one attached hydrogen (secondary N) is 1. The van der Waals surface area contributed by atoms with E-state index in [1.807, 2.05) is 31.1 Å². The first-order valence-electron chi connectivity index (χ1n) is 8.04. The second kappa shape index (κ2) is 7.51. The zero-order chi connectivity index (χ0) is 18.8. The third kappa shape index (κ3) is 4.56. The molecule has 1 aromatic carbocycles. The molecule has 0 radical (unpaired) electrons. The molecule has 1 heterocycles. The molecule has 0 amide bonds. The van der Waals surface area contributed by atoms with Crippen molar-refractivity contribution in [2.75, 3.05) is 27.2 Å². The van der Waals surface area contributed by atoms with Crippen molar-refractivity contribution in [3.05, 3.63) is 51.9 Å². The normalized spacial score (nSPS) is 11.9. The number of aryl methyl sites for hydroxylation is 3. The van der Waals surface area contributed by atoms with Crippen molar-refractivity contribution in [3.63, 3.8) is 0 Å². The quantitative estimate of drug-likeness (QED) is 0.844. The molecule has 0 aliphatic heterocycles. The molecule has 1 aromatic heterocycles. The summed E-state index contributed by atoms with van der Waals surface area (Å²) in [5.41, 5.74) is 3.04. The molecular formula is C18H25N3O3S. The molecule has 25 heavy (non-hydrogen) atoms. The van der Waals surface area contributed by atoms with E-state index in [1.54, 1.807) is 39.2 Å². The molecule has 0 saturated heterocycles. The van der Waals surface area contributed by atoms with Gasteiger partial charge in [-0.05, 0) is 56.8 Å². The van der Waals surface area contributed by atoms with Crippen molar-refractivity contribution < 1.29 is 8.42 Å². The summed E-state index contributed by atoms with van der Waals surface area (Å²) in [6, 6.07) is 7.04. The highest BCUT2D eigenvalue weighted by Crippen LogP contribution is 2.24. The molecule has 6 nitrogen and oxygen atoms in total. The Labute approximate surface area is 149 Å². The van der Waals surface area contributed by atoms with Gasteiger partial charge in [-0.15, -0.1) is 0 Å². The van der Waals surface area contributed by atoms with Crippen molar-refractivity contribution >= 4 is 10.0 Å². The van der Waals surface area contributed by atoms with Gasteiger partial charge in [-0.2, -0.15) is 0 Å². The molecule has 1 N–H and O–H groups in total. The van der Waals surface area contributed by atoms with Gasteiger partial charge in [0.1, 0.15) is 0 Å². The van der Waals surface area contributed by atoms with Gasteiger partial charge in [0.25, 0.3) is 5.56 Å². The minimum atomic E-state index is -3.54. The summed E-state index contributed by atoms with van der Waals surface area (Å²) in [7, 11) is 1.95. The van der Waals surface area contributed by atoms with Gasteiger partial charge in [-0.25, -0.2) is 13.1 Å². The number of sulfonamides is 1. The first-order valence-corrected chi connectivity index (χ1v) is 9.53. The first-order chi connectivity index (χ1) is 11.6. The molecule has 0 bridgehead atoms. The third-order valence-corrected chi connectivity index (χ3v) is 5.63. The Kier molecular flexibility index (Phi) is 5.82. The highest BCUT2D eigenvalue weighted by atomic mass is 32.2. The van der Waals surface area contributed by atoms with Gasteiger partial charge >= 0.3 is 0 Å². The number of rotatable bonds is 6. The van der Waals surface area contributed by atoms with Crippen molar-refractivity contribution in [2.45, 2.75) is 18.7 Å². The predicted molar refractivity (Wildman–Crippen MR) is 100 cm³/mol. The van der Waals surface area contributed by atoms with E-state index in [1.165, 1.54) is 4.57 Å². The lowest BCUT2D eigenvalue weighted by Gasteiger charge is -2.13. The van der Waals surface area contributed by atoms with E-state index in [0.717, 1.165) is 11.1 Å². The van der Waals surface area contributed by atoms with Gasteiger partial charge in [0.2, 0.25) is 10.0 Å². The maximum Gasteiger partial charge on any atom is 0.253 e. The van der Waals surface area contributed by atoms with E-state index in [9.17, 15) is 13.2 Å². The van der Waals surface area contributed by atoms with E-state index in [2.05, 4.69) is 4.72 Å². The van der Waals surface area contributed by atoms with Crippen LogP contribution in [0.4, 0.5) is 0 Å². The van der Waals surface area contributed by atoms with E-state index in [0.29, 0.717) is 24.2 Å². The molecular weight excluding hydrogens is 338 g/mol. The van der Waals surface area contributed by atoms with Crippen LogP contribution in [-0.4, -0.2) is 45.1 Å². The number of aromatic nitrogens is 1. The average Bonchev–Trinajstić information content (AvgIpc) is 2.51. The zero-order valence-electron chi connectivity index (χ0n) is 15.3. The van der Waals surface area contributed by atoms with Crippen LogP contribution in [0.2, 0.25) is 0 Å². The molecule has 0 aliphatic carbocycles. The minimum Gasteiger partial charge on any atom is -0.318 e. The van der Waals surface area contributed by atoms with E-state index in [4.69, 9.17) is 0 Å². The fraction of sp³-hybridized carbons (Fsp3) is 0.389. The summed E-state index contributed by atoms with van der Waals surface area (Å²) < 4.78 is 29.1. The Balaban J connectivity index is 2.34. The highest BCUT2D eigenvalue weighted by Gasteiger charge is 2.17. The van der Waals surface area contributed by atoms with Crippen LogP contribution in [0.3, 0.4) is 0 Å². The lowest BCUT2D eigenvalue weighted by Crippen LogP contribution is -2.31. The van der Waals surface area contributed by atoms with Crippen LogP contribution in [-0.2, 0) is 17.1 Å². The van der Waals surface area contributed by atoms with Gasteiger partial charge < -0.3 is 9.47 Å². The average molecular weight is 363 g/mol. The maximum absolute atomic E-state index is 12.5. The summed E-state index contributed by atoms with van der Waals surface area (Å²) in [6.07, 6.45) is 1.76. The largest absolute Gasteiger partial charge is 0.318 e. The Bertz CT molecular complexity index is 905. The van der Waals surface area contributed by atoms with Crippen LogP contribution in [0.1, 0.15) is 11.1 Å². The molecule has 2 aromatic rings.